The number of aliphatic hydroxyl groups is 1. The number of carbonyl (C=O) groups excluding carboxylic acids is 2. The molecule has 7 heterocycles. The largest absolute Gasteiger partial charge is 0.507 e. The molecule has 0 radical (unpaired) electrons. The van der Waals surface area contributed by atoms with Crippen LogP contribution in [-0.4, -0.2) is 141 Å². The van der Waals surface area contributed by atoms with E-state index in [1.165, 1.54) is 11.3 Å². The van der Waals surface area contributed by atoms with Crippen LogP contribution in [0.4, 0.5) is 11.5 Å². The van der Waals surface area contributed by atoms with E-state index in [2.05, 4.69) is 45.7 Å². The number of aromatic nitrogens is 4. The van der Waals surface area contributed by atoms with Crippen molar-refractivity contribution in [2.45, 2.75) is 77.1 Å². The van der Waals surface area contributed by atoms with E-state index in [1.54, 1.807) is 29.5 Å². The fourth-order valence-corrected chi connectivity index (χ4v) is 10.9. The van der Waals surface area contributed by atoms with Crippen molar-refractivity contribution in [1.82, 2.24) is 40.4 Å². The number of rotatable bonds is 14. The van der Waals surface area contributed by atoms with Crippen molar-refractivity contribution in [2.75, 3.05) is 75.7 Å². The fourth-order valence-electron chi connectivity index (χ4n) is 10.1. The molecular formula is C48H60N10O6S. The molecule has 3 fully saturated rings. The van der Waals surface area contributed by atoms with Crippen molar-refractivity contribution in [1.29, 1.82) is 0 Å². The second kappa shape index (κ2) is 19.5. The number of benzene rings is 2. The molecule has 0 unspecified atom stereocenters. The number of amides is 2. The van der Waals surface area contributed by atoms with Crippen LogP contribution in [0.2, 0.25) is 0 Å². The molecule has 0 saturated carbocycles. The summed E-state index contributed by atoms with van der Waals surface area (Å²) < 4.78 is 11.9. The Balaban J connectivity index is 0.750. The van der Waals surface area contributed by atoms with Crippen molar-refractivity contribution < 1.29 is 29.1 Å². The molecule has 17 heteroatoms. The Morgan fingerprint density at radius 3 is 2.63 bits per heavy atom. The van der Waals surface area contributed by atoms with Crippen molar-refractivity contribution in [3.05, 3.63) is 83.2 Å². The van der Waals surface area contributed by atoms with Gasteiger partial charge in [-0.1, -0.05) is 50.2 Å². The van der Waals surface area contributed by atoms with Gasteiger partial charge in [0.25, 0.3) is 5.88 Å². The zero-order chi connectivity index (χ0) is 45.2. The number of hydrogen-bond donors (Lipinski definition) is 4. The molecule has 5 aromatic rings. The number of carbonyl (C=O) groups is 2. The Bertz CT molecular complexity index is 2440. The van der Waals surface area contributed by atoms with Crippen LogP contribution in [0, 0.1) is 18.8 Å². The van der Waals surface area contributed by atoms with E-state index in [0.29, 0.717) is 41.5 Å². The Labute approximate surface area is 384 Å². The minimum Gasteiger partial charge on any atom is -0.507 e. The molecule has 4 aliphatic rings. The topological polar surface area (TPSA) is 186 Å². The highest BCUT2D eigenvalue weighted by Crippen LogP contribution is 2.37. The van der Waals surface area contributed by atoms with E-state index in [9.17, 15) is 19.8 Å². The summed E-state index contributed by atoms with van der Waals surface area (Å²) in [5.41, 5.74) is 7.21. The molecule has 2 amide bonds. The zero-order valence-corrected chi connectivity index (χ0v) is 38.4. The number of aromatic hydroxyl groups is 1. The van der Waals surface area contributed by atoms with Gasteiger partial charge in [-0.15, -0.1) is 21.5 Å². The minimum absolute atomic E-state index is 0.0621. The van der Waals surface area contributed by atoms with Gasteiger partial charge in [0.2, 0.25) is 11.8 Å². The van der Waals surface area contributed by atoms with Gasteiger partial charge in [0, 0.05) is 70.4 Å². The summed E-state index contributed by atoms with van der Waals surface area (Å²) in [4.78, 5) is 42.5. The van der Waals surface area contributed by atoms with E-state index < -0.39 is 18.1 Å². The molecule has 6 atom stereocenters. The molecule has 0 spiro atoms. The summed E-state index contributed by atoms with van der Waals surface area (Å²) in [6.45, 7) is 15.7. The molecule has 0 aliphatic carbocycles. The number of fused-ring (bicyclic) bond motifs is 3. The maximum Gasteiger partial charge on any atom is 0.254 e. The predicted molar refractivity (Wildman–Crippen MR) is 249 cm³/mol. The number of β-amino-alcohol motifs (C(OH)–C–C–N with tert-alkyl or cyclic N) is 1. The molecule has 2 aromatic carbocycles. The smallest absolute Gasteiger partial charge is 0.254 e. The Morgan fingerprint density at radius 2 is 1.85 bits per heavy atom. The molecule has 344 valence electrons. The minimum atomic E-state index is -0.820. The molecule has 0 bridgehead atoms. The Hall–Kier alpha value is -5.62. The number of anilines is 2. The number of aryl methyl sites for hydroxylation is 1. The third-order valence-corrected chi connectivity index (χ3v) is 14.5. The van der Waals surface area contributed by atoms with Crippen molar-refractivity contribution in [3.63, 3.8) is 0 Å². The third-order valence-electron chi connectivity index (χ3n) is 13.5. The maximum absolute atomic E-state index is 14.2. The normalized spacial score (nSPS) is 22.2. The van der Waals surface area contributed by atoms with Gasteiger partial charge in [-0.2, -0.15) is 0 Å². The molecule has 3 saturated heterocycles. The first-order valence-corrected chi connectivity index (χ1v) is 23.9. The Kier molecular flexibility index (Phi) is 13.3. The van der Waals surface area contributed by atoms with Gasteiger partial charge in [-0.25, -0.2) is 4.98 Å². The quantitative estimate of drug-likeness (QED) is 0.109. The SMILES string of the molecule is Cc1ncsc1-c1ccc([C@H](C)NC(=O)[C@@H]2C[C@@H](O)CN2C(=O)[C@@H](c2cc(OCCN3CCC[C@H](CN4CCN5c6cc(-c7ccccc7O)nnc6NC[C@@H]5C4)C3)no2)C(C)C)cc1. The van der Waals surface area contributed by atoms with Crippen LogP contribution in [0.25, 0.3) is 21.7 Å². The first-order chi connectivity index (χ1) is 31.5. The number of aliphatic hydroxyl groups excluding tert-OH is 1. The number of nitrogens with zero attached hydrogens (tertiary/aromatic N) is 8. The van der Waals surface area contributed by atoms with Crippen LogP contribution in [-0.2, 0) is 9.59 Å². The second-order valence-corrected chi connectivity index (χ2v) is 19.3. The summed E-state index contributed by atoms with van der Waals surface area (Å²) in [6, 6.07) is 18.2. The summed E-state index contributed by atoms with van der Waals surface area (Å²) in [6.07, 6.45) is 1.66. The highest BCUT2D eigenvalue weighted by molar-refractivity contribution is 7.13. The number of thiazole rings is 1. The molecular weight excluding hydrogens is 845 g/mol. The van der Waals surface area contributed by atoms with Gasteiger partial charge >= 0.3 is 0 Å². The number of likely N-dealkylation sites (tertiary alicyclic amines) is 2. The van der Waals surface area contributed by atoms with Crippen LogP contribution < -0.4 is 20.3 Å². The van der Waals surface area contributed by atoms with Crippen LogP contribution in [0.3, 0.4) is 0 Å². The zero-order valence-electron chi connectivity index (χ0n) is 37.6. The first kappa shape index (κ1) is 44.6. The van der Waals surface area contributed by atoms with E-state index in [1.807, 2.05) is 75.7 Å². The molecule has 9 rings (SSSR count). The fraction of sp³-hybridized carbons (Fsp3) is 0.500. The monoisotopic (exact) mass is 904 g/mol. The van der Waals surface area contributed by atoms with Gasteiger partial charge in [0.1, 0.15) is 24.3 Å². The van der Waals surface area contributed by atoms with Crippen LogP contribution in [0.5, 0.6) is 11.6 Å². The molecule has 4 N–H and O–H groups in total. The number of piperidine rings is 1. The van der Waals surface area contributed by atoms with Crippen molar-refractivity contribution in [2.24, 2.45) is 11.8 Å². The third kappa shape index (κ3) is 9.83. The van der Waals surface area contributed by atoms with E-state index >= 15 is 0 Å². The molecule has 4 aliphatic heterocycles. The van der Waals surface area contributed by atoms with E-state index in [0.717, 1.165) is 92.0 Å². The lowest BCUT2D eigenvalue weighted by Gasteiger charge is -2.47. The van der Waals surface area contributed by atoms with Gasteiger partial charge in [-0.3, -0.25) is 19.4 Å². The molecule has 3 aromatic heterocycles. The average molecular weight is 905 g/mol. The van der Waals surface area contributed by atoms with Crippen molar-refractivity contribution in [3.8, 4) is 33.3 Å². The lowest BCUT2D eigenvalue weighted by atomic mass is 9.91. The van der Waals surface area contributed by atoms with Crippen LogP contribution in [0.1, 0.15) is 69.0 Å². The van der Waals surface area contributed by atoms with Crippen LogP contribution in [0.15, 0.2) is 70.7 Å². The highest BCUT2D eigenvalue weighted by atomic mass is 32.1. The van der Waals surface area contributed by atoms with E-state index in [4.69, 9.17) is 9.26 Å². The number of phenols is 1. The van der Waals surface area contributed by atoms with E-state index in [-0.39, 0.29) is 42.5 Å². The Morgan fingerprint density at radius 1 is 1.02 bits per heavy atom. The van der Waals surface area contributed by atoms with Gasteiger partial charge in [-0.05, 0) is 79.6 Å². The number of hydrogen-bond acceptors (Lipinski definition) is 15. The van der Waals surface area contributed by atoms with Crippen LogP contribution >= 0.6 is 11.3 Å². The summed E-state index contributed by atoms with van der Waals surface area (Å²) in [5.74, 6) is 0.781. The molecule has 65 heavy (non-hydrogen) atoms. The lowest BCUT2D eigenvalue weighted by Crippen LogP contribution is -2.59. The predicted octanol–water partition coefficient (Wildman–Crippen LogP) is 5.56. The summed E-state index contributed by atoms with van der Waals surface area (Å²) in [5, 5.41) is 40.8. The first-order valence-electron chi connectivity index (χ1n) is 23.0. The number of nitrogens with one attached hydrogen (secondary N) is 2. The van der Waals surface area contributed by atoms with Gasteiger partial charge in [0.05, 0.1) is 45.7 Å². The lowest BCUT2D eigenvalue weighted by molar-refractivity contribution is -0.141. The number of phenolic OH excluding ortho intramolecular Hbond substituents is 1. The maximum atomic E-state index is 14.2. The summed E-state index contributed by atoms with van der Waals surface area (Å²) in [7, 11) is 0. The number of ether oxygens (including phenoxy) is 1. The second-order valence-electron chi connectivity index (χ2n) is 18.4. The standard InChI is InChI=1S/C48H60N10O6S/c1-29(2)44(48(62)58-27-36(59)20-40(58)47(61)51-30(3)33-11-13-34(14-12-33)45-31(4)50-28-65-45)42-22-43(54-64-42)63-19-18-55-15-7-8-32(24-55)25-56-16-17-57-35(26-56)23-49-46-39(57)21-38(52-53-46)37-9-5-6-10-41(37)60/h5-6,9-14,21-22,28-30,32,35-36,40,44,59-60H,7-8,15-20,23-27H2,1-4H3,(H,49,53)(H,51,61)/t30-,32-,35+,36+,40-,44+/m0/s1. The highest BCUT2D eigenvalue weighted by Gasteiger charge is 2.44. The molecule has 16 nitrogen and oxygen atoms in total. The average Bonchev–Trinajstić information content (AvgIpc) is 4.06. The van der Waals surface area contributed by atoms with Gasteiger partial charge < -0.3 is 39.9 Å². The number of para-hydroxylation sites is 1. The summed E-state index contributed by atoms with van der Waals surface area (Å²) >= 11 is 1.59. The van der Waals surface area contributed by atoms with Gasteiger partial charge in [0.15, 0.2) is 11.6 Å². The number of piperazine rings is 1. The van der Waals surface area contributed by atoms with Crippen molar-refractivity contribution >= 4 is 34.7 Å².